The van der Waals surface area contributed by atoms with E-state index in [1.54, 1.807) is 6.92 Å². The quantitative estimate of drug-likeness (QED) is 0.934. The van der Waals surface area contributed by atoms with Crippen molar-refractivity contribution in [1.82, 2.24) is 4.90 Å². The first-order valence-corrected chi connectivity index (χ1v) is 6.39. The molecule has 1 aliphatic rings. The third-order valence-electron chi connectivity index (χ3n) is 3.67. The summed E-state index contributed by atoms with van der Waals surface area (Å²) in [6.45, 7) is 1.61. The molecule has 2 rings (SSSR count). The molecule has 2 unspecified atom stereocenters. The standard InChI is InChI=1S/C14H14F3NO3/c1-8(18-7-10(13(20)21)6-12(18)19)9-3-2-4-11(5-9)14(15,16)17/h2-5,8,10H,6-7H2,1H3,(H,20,21). The number of rotatable bonds is 3. The highest BCUT2D eigenvalue weighted by molar-refractivity contribution is 5.86. The molecule has 2 atom stereocenters. The molecule has 0 spiro atoms. The van der Waals surface area contributed by atoms with E-state index in [0.29, 0.717) is 5.56 Å². The van der Waals surface area contributed by atoms with E-state index < -0.39 is 29.7 Å². The Kier molecular flexibility index (Phi) is 3.93. The Morgan fingerprint density at radius 3 is 2.62 bits per heavy atom. The van der Waals surface area contributed by atoms with Gasteiger partial charge in [0.15, 0.2) is 0 Å². The SMILES string of the molecule is CC(c1cccc(C(F)(F)F)c1)N1CC(C(=O)O)CC1=O. The van der Waals surface area contributed by atoms with E-state index in [1.165, 1.54) is 17.0 Å². The minimum atomic E-state index is -4.45. The van der Waals surface area contributed by atoms with Gasteiger partial charge in [-0.25, -0.2) is 0 Å². The van der Waals surface area contributed by atoms with Crippen molar-refractivity contribution in [3.8, 4) is 0 Å². The zero-order valence-corrected chi connectivity index (χ0v) is 11.2. The van der Waals surface area contributed by atoms with Crippen LogP contribution in [0.25, 0.3) is 0 Å². The Morgan fingerprint density at radius 2 is 2.10 bits per heavy atom. The third kappa shape index (κ3) is 3.17. The Bertz CT molecular complexity index is 571. The average Bonchev–Trinajstić information content (AvgIpc) is 2.79. The maximum absolute atomic E-state index is 12.7. The van der Waals surface area contributed by atoms with Crippen LogP contribution in [-0.2, 0) is 15.8 Å². The summed E-state index contributed by atoms with van der Waals surface area (Å²) in [6, 6.07) is 4.14. The van der Waals surface area contributed by atoms with Crippen LogP contribution < -0.4 is 0 Å². The fourth-order valence-electron chi connectivity index (χ4n) is 2.43. The second kappa shape index (κ2) is 5.38. The van der Waals surface area contributed by atoms with Gasteiger partial charge in [-0.05, 0) is 24.6 Å². The summed E-state index contributed by atoms with van der Waals surface area (Å²) in [5, 5.41) is 8.92. The molecular formula is C14H14F3NO3. The Morgan fingerprint density at radius 1 is 1.43 bits per heavy atom. The molecule has 1 saturated heterocycles. The summed E-state index contributed by atoms with van der Waals surface area (Å²) in [4.78, 5) is 24.0. The molecule has 1 N–H and O–H groups in total. The van der Waals surface area contributed by atoms with Gasteiger partial charge < -0.3 is 10.0 Å². The van der Waals surface area contributed by atoms with Crippen LogP contribution in [0.5, 0.6) is 0 Å². The van der Waals surface area contributed by atoms with Crippen molar-refractivity contribution in [3.05, 3.63) is 35.4 Å². The first kappa shape index (κ1) is 15.3. The van der Waals surface area contributed by atoms with Crippen molar-refractivity contribution >= 4 is 11.9 Å². The van der Waals surface area contributed by atoms with Crippen molar-refractivity contribution in [2.75, 3.05) is 6.54 Å². The van der Waals surface area contributed by atoms with Gasteiger partial charge in [-0.15, -0.1) is 0 Å². The van der Waals surface area contributed by atoms with E-state index in [1.807, 2.05) is 0 Å². The molecule has 1 aromatic carbocycles. The van der Waals surface area contributed by atoms with Gasteiger partial charge in [0.25, 0.3) is 0 Å². The van der Waals surface area contributed by atoms with E-state index >= 15 is 0 Å². The lowest BCUT2D eigenvalue weighted by Gasteiger charge is -2.25. The minimum Gasteiger partial charge on any atom is -0.481 e. The van der Waals surface area contributed by atoms with E-state index in [9.17, 15) is 22.8 Å². The predicted molar refractivity (Wildman–Crippen MR) is 67.3 cm³/mol. The largest absolute Gasteiger partial charge is 0.481 e. The molecule has 114 valence electrons. The smallest absolute Gasteiger partial charge is 0.416 e. The maximum Gasteiger partial charge on any atom is 0.416 e. The second-order valence-electron chi connectivity index (χ2n) is 5.08. The van der Waals surface area contributed by atoms with Crippen LogP contribution in [0.1, 0.15) is 30.5 Å². The number of alkyl halides is 3. The van der Waals surface area contributed by atoms with Gasteiger partial charge in [-0.3, -0.25) is 9.59 Å². The summed E-state index contributed by atoms with van der Waals surface area (Å²) < 4.78 is 38.1. The number of hydrogen-bond acceptors (Lipinski definition) is 2. The fraction of sp³-hybridized carbons (Fsp3) is 0.429. The molecule has 0 radical (unpaired) electrons. The number of amides is 1. The van der Waals surface area contributed by atoms with Crippen molar-refractivity contribution < 1.29 is 27.9 Å². The van der Waals surface area contributed by atoms with Gasteiger partial charge in [-0.1, -0.05) is 12.1 Å². The molecular weight excluding hydrogens is 287 g/mol. The highest BCUT2D eigenvalue weighted by Crippen LogP contribution is 2.33. The third-order valence-corrected chi connectivity index (χ3v) is 3.67. The first-order valence-electron chi connectivity index (χ1n) is 6.39. The van der Waals surface area contributed by atoms with Crippen LogP contribution in [0, 0.1) is 5.92 Å². The molecule has 0 aromatic heterocycles. The molecule has 7 heteroatoms. The topological polar surface area (TPSA) is 57.6 Å². The Hall–Kier alpha value is -2.05. The first-order chi connectivity index (χ1) is 9.70. The molecule has 0 saturated carbocycles. The highest BCUT2D eigenvalue weighted by Gasteiger charge is 2.37. The predicted octanol–water partition coefficient (Wildman–Crippen LogP) is 2.70. The molecule has 1 aliphatic heterocycles. The molecule has 1 aromatic rings. The lowest BCUT2D eigenvalue weighted by atomic mass is 10.0. The Balaban J connectivity index is 2.23. The van der Waals surface area contributed by atoms with Gasteiger partial charge in [0.05, 0.1) is 17.5 Å². The van der Waals surface area contributed by atoms with Crippen molar-refractivity contribution in [2.45, 2.75) is 25.6 Å². The summed E-state index contributed by atoms with van der Waals surface area (Å²) in [5.74, 6) is -2.22. The molecule has 1 heterocycles. The van der Waals surface area contributed by atoms with Crippen molar-refractivity contribution in [3.63, 3.8) is 0 Å². The van der Waals surface area contributed by atoms with Crippen LogP contribution in [0.15, 0.2) is 24.3 Å². The lowest BCUT2D eigenvalue weighted by Crippen LogP contribution is -2.29. The van der Waals surface area contributed by atoms with Gasteiger partial charge in [0, 0.05) is 13.0 Å². The number of carbonyl (C=O) groups excluding carboxylic acids is 1. The van der Waals surface area contributed by atoms with Gasteiger partial charge in [0.1, 0.15) is 0 Å². The number of likely N-dealkylation sites (tertiary alicyclic amines) is 1. The molecule has 0 aliphatic carbocycles. The van der Waals surface area contributed by atoms with Crippen LogP contribution in [0.2, 0.25) is 0 Å². The van der Waals surface area contributed by atoms with Crippen LogP contribution >= 0.6 is 0 Å². The monoisotopic (exact) mass is 301 g/mol. The van der Waals surface area contributed by atoms with E-state index in [2.05, 4.69) is 0 Å². The van der Waals surface area contributed by atoms with E-state index in [-0.39, 0.29) is 18.9 Å². The molecule has 21 heavy (non-hydrogen) atoms. The maximum atomic E-state index is 12.7. The number of hydrogen-bond donors (Lipinski definition) is 1. The van der Waals surface area contributed by atoms with Gasteiger partial charge >= 0.3 is 12.1 Å². The summed E-state index contributed by atoms with van der Waals surface area (Å²) >= 11 is 0. The number of benzene rings is 1. The zero-order valence-electron chi connectivity index (χ0n) is 11.2. The number of nitrogens with zero attached hydrogens (tertiary/aromatic N) is 1. The number of carbonyl (C=O) groups is 2. The summed E-state index contributed by atoms with van der Waals surface area (Å²) in [7, 11) is 0. The van der Waals surface area contributed by atoms with E-state index in [0.717, 1.165) is 12.1 Å². The summed E-state index contributed by atoms with van der Waals surface area (Å²) in [6.07, 6.45) is -4.56. The Labute approximate surface area is 119 Å². The molecule has 1 fully saturated rings. The van der Waals surface area contributed by atoms with Crippen LogP contribution in [0.3, 0.4) is 0 Å². The molecule has 0 bridgehead atoms. The van der Waals surface area contributed by atoms with E-state index in [4.69, 9.17) is 5.11 Å². The molecule has 1 amide bonds. The number of aliphatic carboxylic acids is 1. The normalized spacial score (nSPS) is 20.7. The number of halogens is 3. The number of carboxylic acids is 1. The van der Waals surface area contributed by atoms with Crippen LogP contribution in [-0.4, -0.2) is 28.4 Å². The number of carboxylic acid groups (broad SMARTS) is 1. The van der Waals surface area contributed by atoms with Crippen LogP contribution in [0.4, 0.5) is 13.2 Å². The lowest BCUT2D eigenvalue weighted by molar-refractivity contribution is -0.141. The average molecular weight is 301 g/mol. The van der Waals surface area contributed by atoms with Gasteiger partial charge in [0.2, 0.25) is 5.91 Å². The molecule has 4 nitrogen and oxygen atoms in total. The fourth-order valence-corrected chi connectivity index (χ4v) is 2.43. The van der Waals surface area contributed by atoms with Gasteiger partial charge in [-0.2, -0.15) is 13.2 Å². The minimum absolute atomic E-state index is 0.0194. The van der Waals surface area contributed by atoms with Crippen molar-refractivity contribution in [1.29, 1.82) is 0 Å². The second-order valence-corrected chi connectivity index (χ2v) is 5.08. The summed E-state index contributed by atoms with van der Waals surface area (Å²) in [5.41, 5.74) is -0.447. The van der Waals surface area contributed by atoms with Crippen molar-refractivity contribution in [2.24, 2.45) is 5.92 Å². The zero-order chi connectivity index (χ0) is 15.8. The highest BCUT2D eigenvalue weighted by atomic mass is 19.4.